The molecule has 3 rings (SSSR count). The number of guanidine groups is 1. The van der Waals surface area contributed by atoms with Crippen LogP contribution in [-0.2, 0) is 17.9 Å². The van der Waals surface area contributed by atoms with Crippen LogP contribution in [0.2, 0.25) is 0 Å². The molecule has 0 saturated carbocycles. The van der Waals surface area contributed by atoms with E-state index in [0.29, 0.717) is 19.1 Å². The molecule has 1 aromatic heterocycles. The van der Waals surface area contributed by atoms with Crippen LogP contribution in [0.5, 0.6) is 0 Å². The summed E-state index contributed by atoms with van der Waals surface area (Å²) in [5, 5.41) is 2.09. The summed E-state index contributed by atoms with van der Waals surface area (Å²) in [6.45, 7) is 2.15. The summed E-state index contributed by atoms with van der Waals surface area (Å²) in [5.74, 6) is 0.630. The highest BCUT2D eigenvalue weighted by Gasteiger charge is 2.27. The van der Waals surface area contributed by atoms with Gasteiger partial charge in [-0.1, -0.05) is 30.3 Å². The SMILES string of the molecule is COCc1cccc(C2CN=C(N)N2Cc2cccs2)c1. The van der Waals surface area contributed by atoms with E-state index in [9.17, 15) is 0 Å². The Balaban J connectivity index is 1.82. The van der Waals surface area contributed by atoms with Gasteiger partial charge in [0.05, 0.1) is 25.7 Å². The smallest absolute Gasteiger partial charge is 0.192 e. The largest absolute Gasteiger partial charge is 0.380 e. The molecular formula is C16H19N3OS. The summed E-state index contributed by atoms with van der Waals surface area (Å²) in [5.41, 5.74) is 8.49. The zero-order valence-corrected chi connectivity index (χ0v) is 12.8. The Morgan fingerprint density at radius 2 is 2.29 bits per heavy atom. The van der Waals surface area contributed by atoms with Gasteiger partial charge in [0, 0.05) is 12.0 Å². The summed E-state index contributed by atoms with van der Waals surface area (Å²) in [6.07, 6.45) is 0. The number of hydrogen-bond donors (Lipinski definition) is 1. The van der Waals surface area contributed by atoms with Crippen molar-refractivity contribution in [1.29, 1.82) is 0 Å². The first-order valence-corrected chi connectivity index (χ1v) is 7.82. The van der Waals surface area contributed by atoms with Crippen LogP contribution in [0.4, 0.5) is 0 Å². The van der Waals surface area contributed by atoms with Crippen LogP contribution in [0.25, 0.3) is 0 Å². The Morgan fingerprint density at radius 3 is 3.05 bits per heavy atom. The lowest BCUT2D eigenvalue weighted by molar-refractivity contribution is 0.184. The van der Waals surface area contributed by atoms with Gasteiger partial charge in [0.1, 0.15) is 0 Å². The zero-order chi connectivity index (χ0) is 14.7. The molecule has 5 heteroatoms. The lowest BCUT2D eigenvalue weighted by atomic mass is 10.0. The van der Waals surface area contributed by atoms with Crippen LogP contribution in [0, 0.1) is 0 Å². The molecule has 1 aliphatic rings. The molecule has 1 unspecified atom stereocenters. The maximum Gasteiger partial charge on any atom is 0.192 e. The maximum atomic E-state index is 6.08. The third-order valence-electron chi connectivity index (χ3n) is 3.65. The molecule has 2 N–H and O–H groups in total. The molecule has 4 nitrogen and oxygen atoms in total. The highest BCUT2D eigenvalue weighted by Crippen LogP contribution is 2.28. The van der Waals surface area contributed by atoms with Crippen molar-refractivity contribution >= 4 is 17.3 Å². The predicted molar refractivity (Wildman–Crippen MR) is 86.2 cm³/mol. The second-order valence-electron chi connectivity index (χ2n) is 5.10. The van der Waals surface area contributed by atoms with Gasteiger partial charge in [-0.15, -0.1) is 11.3 Å². The van der Waals surface area contributed by atoms with Crippen molar-refractivity contribution < 1.29 is 4.74 Å². The van der Waals surface area contributed by atoms with Gasteiger partial charge in [0.2, 0.25) is 0 Å². The number of ether oxygens (including phenoxy) is 1. The van der Waals surface area contributed by atoms with Crippen molar-refractivity contribution in [3.05, 3.63) is 57.8 Å². The van der Waals surface area contributed by atoms with Crippen LogP contribution >= 0.6 is 11.3 Å². The summed E-state index contributed by atoms with van der Waals surface area (Å²) < 4.78 is 5.21. The quantitative estimate of drug-likeness (QED) is 0.924. The molecule has 0 amide bonds. The minimum Gasteiger partial charge on any atom is -0.380 e. The maximum absolute atomic E-state index is 6.08. The van der Waals surface area contributed by atoms with Gasteiger partial charge in [0.15, 0.2) is 5.96 Å². The topological polar surface area (TPSA) is 50.9 Å². The van der Waals surface area contributed by atoms with E-state index in [4.69, 9.17) is 10.5 Å². The molecule has 21 heavy (non-hydrogen) atoms. The second kappa shape index (κ2) is 6.28. The van der Waals surface area contributed by atoms with E-state index in [1.165, 1.54) is 16.0 Å². The number of methoxy groups -OCH3 is 1. The highest BCUT2D eigenvalue weighted by atomic mass is 32.1. The van der Waals surface area contributed by atoms with Gasteiger partial charge >= 0.3 is 0 Å². The fourth-order valence-corrected chi connectivity index (χ4v) is 3.34. The summed E-state index contributed by atoms with van der Waals surface area (Å²) in [6, 6.07) is 12.9. The van der Waals surface area contributed by atoms with E-state index >= 15 is 0 Å². The van der Waals surface area contributed by atoms with Crippen molar-refractivity contribution in [3.8, 4) is 0 Å². The molecule has 0 spiro atoms. The van der Waals surface area contributed by atoms with Crippen molar-refractivity contribution in [2.45, 2.75) is 19.2 Å². The fourth-order valence-electron chi connectivity index (χ4n) is 2.63. The second-order valence-corrected chi connectivity index (χ2v) is 6.13. The predicted octanol–water partition coefficient (Wildman–Crippen LogP) is 2.77. The average molecular weight is 301 g/mol. The number of hydrogen-bond acceptors (Lipinski definition) is 5. The molecular weight excluding hydrogens is 282 g/mol. The van der Waals surface area contributed by atoms with Gasteiger partial charge in [-0.05, 0) is 22.6 Å². The lowest BCUT2D eigenvalue weighted by Crippen LogP contribution is -2.35. The minimum absolute atomic E-state index is 0.212. The minimum atomic E-state index is 0.212. The van der Waals surface area contributed by atoms with Crippen molar-refractivity contribution in [2.75, 3.05) is 13.7 Å². The van der Waals surface area contributed by atoms with E-state index in [1.54, 1.807) is 18.4 Å². The number of nitrogens with zero attached hydrogens (tertiary/aromatic N) is 2. The normalized spacial score (nSPS) is 18.0. The summed E-state index contributed by atoms with van der Waals surface area (Å²) >= 11 is 1.75. The monoisotopic (exact) mass is 301 g/mol. The van der Waals surface area contributed by atoms with E-state index in [-0.39, 0.29) is 6.04 Å². The van der Waals surface area contributed by atoms with E-state index in [1.807, 2.05) is 0 Å². The number of benzene rings is 1. The number of aliphatic imine (C=N–C) groups is 1. The molecule has 2 aromatic rings. The molecule has 0 fully saturated rings. The van der Waals surface area contributed by atoms with Gasteiger partial charge in [-0.2, -0.15) is 0 Å². The zero-order valence-electron chi connectivity index (χ0n) is 12.0. The molecule has 1 atom stereocenters. The fraction of sp³-hybridized carbons (Fsp3) is 0.312. The van der Waals surface area contributed by atoms with E-state index in [2.05, 4.69) is 51.7 Å². The summed E-state index contributed by atoms with van der Waals surface area (Å²) in [4.78, 5) is 7.90. The molecule has 0 saturated heterocycles. The van der Waals surface area contributed by atoms with Crippen molar-refractivity contribution in [3.63, 3.8) is 0 Å². The molecule has 0 bridgehead atoms. The van der Waals surface area contributed by atoms with E-state index in [0.717, 1.165) is 6.54 Å². The molecule has 2 heterocycles. The first-order chi connectivity index (χ1) is 10.3. The van der Waals surface area contributed by atoms with Crippen LogP contribution in [0.1, 0.15) is 22.0 Å². The molecule has 1 aliphatic heterocycles. The van der Waals surface area contributed by atoms with Crippen LogP contribution < -0.4 is 5.73 Å². The number of rotatable bonds is 5. The standard InChI is InChI=1S/C16H19N3OS/c1-20-11-12-4-2-5-13(8-12)15-9-18-16(17)19(15)10-14-6-3-7-21-14/h2-8,15H,9-11H2,1H3,(H2,17,18). The molecule has 0 aliphatic carbocycles. The van der Waals surface area contributed by atoms with Crippen LogP contribution in [0.3, 0.4) is 0 Å². The first kappa shape index (κ1) is 14.1. The van der Waals surface area contributed by atoms with Crippen molar-refractivity contribution in [1.82, 2.24) is 4.90 Å². The van der Waals surface area contributed by atoms with Gasteiger partial charge in [0.25, 0.3) is 0 Å². The molecule has 110 valence electrons. The highest BCUT2D eigenvalue weighted by molar-refractivity contribution is 7.09. The van der Waals surface area contributed by atoms with Gasteiger partial charge in [-0.3, -0.25) is 4.99 Å². The lowest BCUT2D eigenvalue weighted by Gasteiger charge is -2.26. The van der Waals surface area contributed by atoms with Gasteiger partial charge in [-0.25, -0.2) is 0 Å². The molecule has 0 radical (unpaired) electrons. The summed E-state index contributed by atoms with van der Waals surface area (Å²) in [7, 11) is 1.71. The average Bonchev–Trinajstić information content (AvgIpc) is 3.11. The Morgan fingerprint density at radius 1 is 1.38 bits per heavy atom. The Bertz CT molecular complexity index is 624. The van der Waals surface area contributed by atoms with E-state index < -0.39 is 0 Å². The first-order valence-electron chi connectivity index (χ1n) is 6.94. The Kier molecular flexibility index (Phi) is 4.22. The molecule has 1 aromatic carbocycles. The van der Waals surface area contributed by atoms with Gasteiger partial charge < -0.3 is 15.4 Å². The van der Waals surface area contributed by atoms with Crippen LogP contribution in [0.15, 0.2) is 46.8 Å². The Labute approximate surface area is 128 Å². The number of nitrogens with two attached hydrogens (primary N) is 1. The van der Waals surface area contributed by atoms with Crippen LogP contribution in [-0.4, -0.2) is 24.5 Å². The number of thiophene rings is 1. The third-order valence-corrected chi connectivity index (χ3v) is 4.51. The Hall–Kier alpha value is -1.85. The van der Waals surface area contributed by atoms with Crippen molar-refractivity contribution in [2.24, 2.45) is 10.7 Å². The third kappa shape index (κ3) is 3.09.